The van der Waals surface area contributed by atoms with Crippen LogP contribution in [0, 0.1) is 11.3 Å². The van der Waals surface area contributed by atoms with Crippen molar-refractivity contribution in [1.29, 1.82) is 5.26 Å². The number of nitriles is 1. The number of hydrogen-bond acceptors (Lipinski definition) is 3. The fourth-order valence-electron chi connectivity index (χ4n) is 1.80. The van der Waals surface area contributed by atoms with E-state index in [1.54, 1.807) is 18.2 Å². The smallest absolute Gasteiger partial charge is 0.124 e. The highest BCUT2D eigenvalue weighted by atomic mass is 16.5. The van der Waals surface area contributed by atoms with E-state index in [2.05, 4.69) is 18.0 Å². The van der Waals surface area contributed by atoms with E-state index in [9.17, 15) is 0 Å². The van der Waals surface area contributed by atoms with Crippen molar-refractivity contribution >= 4 is 5.69 Å². The molecule has 0 saturated carbocycles. The highest BCUT2D eigenvalue weighted by Crippen LogP contribution is 2.19. The largest absolute Gasteiger partial charge is 0.489 e. The first kappa shape index (κ1) is 13.7. The zero-order chi connectivity index (χ0) is 14.2. The number of rotatable bonds is 6. The predicted molar refractivity (Wildman–Crippen MR) is 80.6 cm³/mol. The fourth-order valence-corrected chi connectivity index (χ4v) is 1.80. The second-order valence-corrected chi connectivity index (χ2v) is 4.25. The number of anilines is 1. The molecule has 0 amide bonds. The van der Waals surface area contributed by atoms with E-state index in [1.807, 2.05) is 36.4 Å². The zero-order valence-corrected chi connectivity index (χ0v) is 11.2. The van der Waals surface area contributed by atoms with E-state index in [0.29, 0.717) is 18.7 Å². The van der Waals surface area contributed by atoms with Gasteiger partial charge in [-0.1, -0.05) is 30.9 Å². The van der Waals surface area contributed by atoms with E-state index >= 15 is 0 Å². The van der Waals surface area contributed by atoms with Gasteiger partial charge in [0.1, 0.15) is 12.4 Å². The van der Waals surface area contributed by atoms with Crippen molar-refractivity contribution in [3.05, 3.63) is 72.3 Å². The topological polar surface area (TPSA) is 45.0 Å². The van der Waals surface area contributed by atoms with Crippen LogP contribution in [0.3, 0.4) is 0 Å². The van der Waals surface area contributed by atoms with Crippen LogP contribution in [0.4, 0.5) is 5.69 Å². The van der Waals surface area contributed by atoms with Crippen molar-refractivity contribution in [3.8, 4) is 11.8 Å². The Balaban J connectivity index is 2.02. The van der Waals surface area contributed by atoms with E-state index < -0.39 is 0 Å². The van der Waals surface area contributed by atoms with Crippen LogP contribution < -0.4 is 10.1 Å². The zero-order valence-electron chi connectivity index (χ0n) is 11.2. The summed E-state index contributed by atoms with van der Waals surface area (Å²) in [6.45, 7) is 4.81. The number of benzene rings is 2. The van der Waals surface area contributed by atoms with Crippen LogP contribution >= 0.6 is 0 Å². The van der Waals surface area contributed by atoms with Gasteiger partial charge < -0.3 is 10.1 Å². The Kier molecular flexibility index (Phi) is 4.80. The standard InChI is InChI=1S/C17H16N2O/c1-2-11-20-17-6-4-3-5-15(17)13-19-16-9-7-14(12-18)8-10-16/h2-10,19H,1,11,13H2. The number of nitrogens with zero attached hydrogens (tertiary/aromatic N) is 1. The number of ether oxygens (including phenoxy) is 1. The van der Waals surface area contributed by atoms with E-state index in [0.717, 1.165) is 17.0 Å². The first-order chi connectivity index (χ1) is 9.83. The summed E-state index contributed by atoms with van der Waals surface area (Å²) in [4.78, 5) is 0. The molecule has 0 aromatic heterocycles. The fraction of sp³-hybridized carbons (Fsp3) is 0.118. The number of nitrogens with one attached hydrogen (secondary N) is 1. The van der Waals surface area contributed by atoms with Crippen LogP contribution in [0.25, 0.3) is 0 Å². The van der Waals surface area contributed by atoms with Crippen LogP contribution in [-0.2, 0) is 6.54 Å². The summed E-state index contributed by atoms with van der Waals surface area (Å²) in [5.74, 6) is 0.855. The second kappa shape index (κ2) is 7.01. The van der Waals surface area contributed by atoms with E-state index in [1.165, 1.54) is 0 Å². The molecule has 0 saturated heterocycles. The first-order valence-corrected chi connectivity index (χ1v) is 6.39. The molecule has 0 aliphatic rings. The highest BCUT2D eigenvalue weighted by Gasteiger charge is 2.02. The second-order valence-electron chi connectivity index (χ2n) is 4.25. The normalized spacial score (nSPS) is 9.55. The Labute approximate surface area is 119 Å². The number of para-hydroxylation sites is 1. The van der Waals surface area contributed by atoms with Crippen molar-refractivity contribution in [1.82, 2.24) is 0 Å². The van der Waals surface area contributed by atoms with Gasteiger partial charge in [-0.15, -0.1) is 0 Å². The third-order valence-electron chi connectivity index (χ3n) is 2.83. The molecule has 0 atom stereocenters. The molecule has 20 heavy (non-hydrogen) atoms. The van der Waals surface area contributed by atoms with Gasteiger partial charge in [0.05, 0.1) is 11.6 Å². The summed E-state index contributed by atoms with van der Waals surface area (Å²) in [6, 6.07) is 17.4. The Morgan fingerprint density at radius 3 is 2.60 bits per heavy atom. The Hall–Kier alpha value is -2.73. The lowest BCUT2D eigenvalue weighted by Crippen LogP contribution is -2.03. The maximum Gasteiger partial charge on any atom is 0.124 e. The lowest BCUT2D eigenvalue weighted by atomic mass is 10.2. The van der Waals surface area contributed by atoms with E-state index in [-0.39, 0.29) is 0 Å². The van der Waals surface area contributed by atoms with Gasteiger partial charge in [-0.05, 0) is 30.3 Å². The average molecular weight is 264 g/mol. The molecule has 0 aliphatic carbocycles. The third kappa shape index (κ3) is 3.63. The van der Waals surface area contributed by atoms with Gasteiger partial charge in [-0.2, -0.15) is 5.26 Å². The molecule has 0 fully saturated rings. The van der Waals surface area contributed by atoms with Crippen LogP contribution in [0.15, 0.2) is 61.2 Å². The third-order valence-corrected chi connectivity index (χ3v) is 2.83. The van der Waals surface area contributed by atoms with Crippen molar-refractivity contribution < 1.29 is 4.74 Å². The van der Waals surface area contributed by atoms with Crippen molar-refractivity contribution in [2.45, 2.75) is 6.54 Å². The van der Waals surface area contributed by atoms with Crippen molar-refractivity contribution in [3.63, 3.8) is 0 Å². The molecular weight excluding hydrogens is 248 g/mol. The molecule has 0 radical (unpaired) electrons. The van der Waals surface area contributed by atoms with Crippen molar-refractivity contribution in [2.24, 2.45) is 0 Å². The molecule has 3 heteroatoms. The maximum atomic E-state index is 8.76. The lowest BCUT2D eigenvalue weighted by Gasteiger charge is -2.11. The molecule has 3 nitrogen and oxygen atoms in total. The maximum absolute atomic E-state index is 8.76. The summed E-state index contributed by atoms with van der Waals surface area (Å²) in [7, 11) is 0. The summed E-state index contributed by atoms with van der Waals surface area (Å²) in [5.41, 5.74) is 2.71. The highest BCUT2D eigenvalue weighted by molar-refractivity contribution is 5.48. The molecule has 0 unspecified atom stereocenters. The SMILES string of the molecule is C=CCOc1ccccc1CNc1ccc(C#N)cc1. The quantitative estimate of drug-likeness (QED) is 0.808. The summed E-state index contributed by atoms with van der Waals surface area (Å²) in [6.07, 6.45) is 1.73. The van der Waals surface area contributed by atoms with Crippen molar-refractivity contribution in [2.75, 3.05) is 11.9 Å². The molecule has 2 aromatic carbocycles. The van der Waals surface area contributed by atoms with Gasteiger partial charge in [0.2, 0.25) is 0 Å². The average Bonchev–Trinajstić information content (AvgIpc) is 2.52. The molecule has 1 N–H and O–H groups in total. The Morgan fingerprint density at radius 1 is 1.15 bits per heavy atom. The monoisotopic (exact) mass is 264 g/mol. The van der Waals surface area contributed by atoms with Gasteiger partial charge in [0.25, 0.3) is 0 Å². The molecule has 2 aromatic rings. The molecule has 0 aliphatic heterocycles. The predicted octanol–water partition coefficient (Wildman–Crippen LogP) is 3.74. The van der Waals surface area contributed by atoms with Gasteiger partial charge in [0, 0.05) is 17.8 Å². The molecule has 100 valence electrons. The summed E-state index contributed by atoms with van der Waals surface area (Å²) < 4.78 is 5.61. The minimum Gasteiger partial charge on any atom is -0.489 e. The molecule has 0 bridgehead atoms. The molecule has 0 heterocycles. The Bertz CT molecular complexity index is 612. The van der Waals surface area contributed by atoms with Gasteiger partial charge >= 0.3 is 0 Å². The van der Waals surface area contributed by atoms with Crippen LogP contribution in [0.1, 0.15) is 11.1 Å². The first-order valence-electron chi connectivity index (χ1n) is 6.39. The van der Waals surface area contributed by atoms with Gasteiger partial charge in [-0.25, -0.2) is 0 Å². The molecule has 0 spiro atoms. The Morgan fingerprint density at radius 2 is 1.90 bits per heavy atom. The van der Waals surface area contributed by atoms with E-state index in [4.69, 9.17) is 10.00 Å². The van der Waals surface area contributed by atoms with Crippen LogP contribution in [-0.4, -0.2) is 6.61 Å². The lowest BCUT2D eigenvalue weighted by molar-refractivity contribution is 0.359. The van der Waals surface area contributed by atoms with Crippen LogP contribution in [0.2, 0.25) is 0 Å². The van der Waals surface area contributed by atoms with Crippen LogP contribution in [0.5, 0.6) is 5.75 Å². The van der Waals surface area contributed by atoms with Gasteiger partial charge in [-0.3, -0.25) is 0 Å². The molecular formula is C17H16N2O. The molecule has 2 rings (SSSR count). The van der Waals surface area contributed by atoms with Gasteiger partial charge in [0.15, 0.2) is 0 Å². The summed E-state index contributed by atoms with van der Waals surface area (Å²) >= 11 is 0. The summed E-state index contributed by atoms with van der Waals surface area (Å²) in [5, 5.41) is 12.1. The minimum absolute atomic E-state index is 0.494. The minimum atomic E-state index is 0.494. The number of hydrogen-bond donors (Lipinski definition) is 1.